The Labute approximate surface area is 60.9 Å². The van der Waals surface area contributed by atoms with Gasteiger partial charge < -0.3 is 4.74 Å². The number of carbonyl (C=O) groups is 1. The van der Waals surface area contributed by atoms with Crippen LogP contribution in [-0.2, 0) is 9.53 Å². The topological polar surface area (TPSA) is 26.3 Å². The van der Waals surface area contributed by atoms with Crippen molar-refractivity contribution in [3.8, 4) is 0 Å². The Morgan fingerprint density at radius 3 is 2.80 bits per heavy atom. The molecule has 0 saturated heterocycles. The first-order valence-corrected chi connectivity index (χ1v) is 3.50. The molecular formula is C8H12O2. The standard InChI is InChI=1S/C8H12O2/c1-6-4-3-5-7(6)8(9)10-2/h3,5-7H,4H2,1-2H3/t6-,7+/m0/s1. The Bertz CT molecular complexity index is 161. The van der Waals surface area contributed by atoms with E-state index in [1.165, 1.54) is 7.11 Å². The van der Waals surface area contributed by atoms with Crippen LogP contribution in [-0.4, -0.2) is 13.1 Å². The zero-order valence-electron chi connectivity index (χ0n) is 6.33. The predicted octanol–water partition coefficient (Wildman–Crippen LogP) is 1.37. The average molecular weight is 140 g/mol. The molecule has 0 radical (unpaired) electrons. The highest BCUT2D eigenvalue weighted by molar-refractivity contribution is 5.75. The van der Waals surface area contributed by atoms with Crippen LogP contribution < -0.4 is 0 Å². The van der Waals surface area contributed by atoms with E-state index in [2.05, 4.69) is 11.7 Å². The van der Waals surface area contributed by atoms with Gasteiger partial charge in [0.1, 0.15) is 0 Å². The van der Waals surface area contributed by atoms with Gasteiger partial charge in [-0.25, -0.2) is 0 Å². The van der Waals surface area contributed by atoms with Gasteiger partial charge in [0, 0.05) is 0 Å². The summed E-state index contributed by atoms with van der Waals surface area (Å²) in [7, 11) is 1.43. The molecule has 2 nitrogen and oxygen atoms in total. The fourth-order valence-electron chi connectivity index (χ4n) is 1.22. The van der Waals surface area contributed by atoms with Crippen molar-refractivity contribution in [3.05, 3.63) is 12.2 Å². The van der Waals surface area contributed by atoms with Crippen molar-refractivity contribution in [2.24, 2.45) is 11.8 Å². The largest absolute Gasteiger partial charge is 0.469 e. The molecule has 0 amide bonds. The molecular weight excluding hydrogens is 128 g/mol. The normalized spacial score (nSPS) is 30.6. The first-order chi connectivity index (χ1) is 4.75. The van der Waals surface area contributed by atoms with Gasteiger partial charge in [0.2, 0.25) is 0 Å². The summed E-state index contributed by atoms with van der Waals surface area (Å²) < 4.78 is 4.61. The smallest absolute Gasteiger partial charge is 0.312 e. The van der Waals surface area contributed by atoms with Crippen molar-refractivity contribution in [1.82, 2.24) is 0 Å². The Morgan fingerprint density at radius 1 is 1.70 bits per heavy atom. The molecule has 0 unspecified atom stereocenters. The molecule has 2 heteroatoms. The Morgan fingerprint density at radius 2 is 2.40 bits per heavy atom. The maximum absolute atomic E-state index is 11.0. The van der Waals surface area contributed by atoms with Gasteiger partial charge >= 0.3 is 5.97 Å². The van der Waals surface area contributed by atoms with E-state index in [9.17, 15) is 4.79 Å². The van der Waals surface area contributed by atoms with Gasteiger partial charge in [-0.05, 0) is 12.3 Å². The Hall–Kier alpha value is -0.790. The fraction of sp³-hybridized carbons (Fsp3) is 0.625. The van der Waals surface area contributed by atoms with E-state index >= 15 is 0 Å². The van der Waals surface area contributed by atoms with Crippen LogP contribution in [0.2, 0.25) is 0 Å². The quantitative estimate of drug-likeness (QED) is 0.406. The lowest BCUT2D eigenvalue weighted by atomic mass is 9.98. The zero-order valence-corrected chi connectivity index (χ0v) is 6.33. The third-order valence-electron chi connectivity index (χ3n) is 1.94. The van der Waals surface area contributed by atoms with Crippen LogP contribution in [0.1, 0.15) is 13.3 Å². The molecule has 0 N–H and O–H groups in total. The first kappa shape index (κ1) is 7.32. The molecule has 0 aromatic rings. The van der Waals surface area contributed by atoms with Crippen molar-refractivity contribution in [2.75, 3.05) is 7.11 Å². The number of hydrogen-bond acceptors (Lipinski definition) is 2. The molecule has 0 aromatic heterocycles. The molecule has 0 aromatic carbocycles. The number of esters is 1. The lowest BCUT2D eigenvalue weighted by Gasteiger charge is -2.10. The summed E-state index contributed by atoms with van der Waals surface area (Å²) in [5.41, 5.74) is 0. The summed E-state index contributed by atoms with van der Waals surface area (Å²) in [6.07, 6.45) is 4.96. The summed E-state index contributed by atoms with van der Waals surface area (Å²) in [6.45, 7) is 2.06. The molecule has 10 heavy (non-hydrogen) atoms. The van der Waals surface area contributed by atoms with E-state index in [-0.39, 0.29) is 11.9 Å². The van der Waals surface area contributed by atoms with Gasteiger partial charge in [-0.1, -0.05) is 19.1 Å². The number of rotatable bonds is 1. The molecule has 0 heterocycles. The Balaban J connectivity index is 2.55. The monoisotopic (exact) mass is 140 g/mol. The summed E-state index contributed by atoms with van der Waals surface area (Å²) in [5.74, 6) is 0.318. The molecule has 1 rings (SSSR count). The number of methoxy groups -OCH3 is 1. The van der Waals surface area contributed by atoms with Crippen LogP contribution in [0.3, 0.4) is 0 Å². The molecule has 1 aliphatic rings. The Kier molecular flexibility index (Phi) is 2.10. The van der Waals surface area contributed by atoms with E-state index in [1.54, 1.807) is 0 Å². The zero-order chi connectivity index (χ0) is 7.56. The van der Waals surface area contributed by atoms with Crippen molar-refractivity contribution in [1.29, 1.82) is 0 Å². The van der Waals surface area contributed by atoms with Crippen molar-refractivity contribution >= 4 is 5.97 Å². The molecule has 0 bridgehead atoms. The highest BCUT2D eigenvalue weighted by Gasteiger charge is 2.25. The third kappa shape index (κ3) is 1.20. The lowest BCUT2D eigenvalue weighted by Crippen LogP contribution is -2.17. The number of carbonyl (C=O) groups excluding carboxylic acids is 1. The first-order valence-electron chi connectivity index (χ1n) is 3.50. The SMILES string of the molecule is COC(=O)[C@@H]1C=CC[C@@H]1C. The predicted molar refractivity (Wildman–Crippen MR) is 38.4 cm³/mol. The number of allylic oxidation sites excluding steroid dienone is 1. The van der Waals surface area contributed by atoms with Gasteiger partial charge in [-0.2, -0.15) is 0 Å². The van der Waals surface area contributed by atoms with Crippen molar-refractivity contribution < 1.29 is 9.53 Å². The van der Waals surface area contributed by atoms with Crippen LogP contribution in [0.5, 0.6) is 0 Å². The molecule has 56 valence electrons. The van der Waals surface area contributed by atoms with E-state index in [0.717, 1.165) is 6.42 Å². The second kappa shape index (κ2) is 2.86. The third-order valence-corrected chi connectivity index (χ3v) is 1.94. The summed E-state index contributed by atoms with van der Waals surface area (Å²) >= 11 is 0. The minimum Gasteiger partial charge on any atom is -0.469 e. The van der Waals surface area contributed by atoms with Crippen molar-refractivity contribution in [2.45, 2.75) is 13.3 Å². The second-order valence-electron chi connectivity index (χ2n) is 2.69. The minimum absolute atomic E-state index is 0.00463. The number of hydrogen-bond donors (Lipinski definition) is 0. The molecule has 0 aliphatic heterocycles. The molecule has 0 spiro atoms. The summed E-state index contributed by atoms with van der Waals surface area (Å²) in [6, 6.07) is 0. The van der Waals surface area contributed by atoms with Crippen LogP contribution >= 0.6 is 0 Å². The molecule has 0 fully saturated rings. The summed E-state index contributed by atoms with van der Waals surface area (Å²) in [4.78, 5) is 11.0. The van der Waals surface area contributed by atoms with Gasteiger partial charge in [0.15, 0.2) is 0 Å². The van der Waals surface area contributed by atoms with Gasteiger partial charge in [0.25, 0.3) is 0 Å². The van der Waals surface area contributed by atoms with Crippen LogP contribution in [0.15, 0.2) is 12.2 Å². The average Bonchev–Trinajstić information content (AvgIpc) is 2.34. The van der Waals surface area contributed by atoms with E-state index in [0.29, 0.717) is 5.92 Å². The maximum atomic E-state index is 11.0. The van der Waals surface area contributed by atoms with Gasteiger partial charge in [-0.3, -0.25) is 4.79 Å². The van der Waals surface area contributed by atoms with E-state index < -0.39 is 0 Å². The fourth-order valence-corrected chi connectivity index (χ4v) is 1.22. The summed E-state index contributed by atoms with van der Waals surface area (Å²) in [5, 5.41) is 0. The minimum atomic E-state index is -0.110. The van der Waals surface area contributed by atoms with Crippen LogP contribution in [0.4, 0.5) is 0 Å². The molecule has 1 aliphatic carbocycles. The van der Waals surface area contributed by atoms with Gasteiger partial charge in [-0.15, -0.1) is 0 Å². The van der Waals surface area contributed by atoms with Crippen LogP contribution in [0, 0.1) is 11.8 Å². The molecule has 0 saturated carbocycles. The van der Waals surface area contributed by atoms with Crippen molar-refractivity contribution in [3.63, 3.8) is 0 Å². The van der Waals surface area contributed by atoms with E-state index in [4.69, 9.17) is 0 Å². The maximum Gasteiger partial charge on any atom is 0.312 e. The lowest BCUT2D eigenvalue weighted by molar-refractivity contribution is -0.144. The highest BCUT2D eigenvalue weighted by atomic mass is 16.5. The van der Waals surface area contributed by atoms with Gasteiger partial charge in [0.05, 0.1) is 13.0 Å². The van der Waals surface area contributed by atoms with Crippen LogP contribution in [0.25, 0.3) is 0 Å². The highest BCUT2D eigenvalue weighted by Crippen LogP contribution is 2.25. The van der Waals surface area contributed by atoms with E-state index in [1.807, 2.05) is 12.2 Å². The number of ether oxygens (including phenoxy) is 1. The molecule has 2 atom stereocenters. The second-order valence-corrected chi connectivity index (χ2v) is 2.69.